The van der Waals surface area contributed by atoms with Crippen molar-refractivity contribution in [2.45, 2.75) is 12.5 Å². The van der Waals surface area contributed by atoms with Crippen LogP contribution in [0.15, 0.2) is 35.5 Å². The fourth-order valence-electron chi connectivity index (χ4n) is 2.43. The Labute approximate surface area is 103 Å². The van der Waals surface area contributed by atoms with Crippen LogP contribution in [0.3, 0.4) is 0 Å². The molecule has 0 amide bonds. The molecule has 0 saturated heterocycles. The fourth-order valence-corrected chi connectivity index (χ4v) is 2.43. The third-order valence-electron chi connectivity index (χ3n) is 3.28. The SMILES string of the molecule is c1coc(CC2CNc3ncnc4ncn2c34)c1. The third-order valence-corrected chi connectivity index (χ3v) is 3.28. The minimum atomic E-state index is 0.277. The molecule has 90 valence electrons. The van der Waals surface area contributed by atoms with Gasteiger partial charge in [-0.2, -0.15) is 0 Å². The Kier molecular flexibility index (Phi) is 1.91. The van der Waals surface area contributed by atoms with Crippen LogP contribution in [0.2, 0.25) is 0 Å². The molecular weight excluding hydrogens is 230 g/mol. The Morgan fingerprint density at radius 1 is 1.39 bits per heavy atom. The van der Waals surface area contributed by atoms with E-state index in [4.69, 9.17) is 4.42 Å². The maximum absolute atomic E-state index is 5.40. The lowest BCUT2D eigenvalue weighted by Crippen LogP contribution is -2.25. The van der Waals surface area contributed by atoms with Crippen LogP contribution in [0.4, 0.5) is 5.82 Å². The van der Waals surface area contributed by atoms with E-state index in [1.807, 2.05) is 18.5 Å². The van der Waals surface area contributed by atoms with Crippen LogP contribution in [-0.2, 0) is 6.42 Å². The first kappa shape index (κ1) is 9.64. The summed E-state index contributed by atoms with van der Waals surface area (Å²) in [5.41, 5.74) is 1.71. The van der Waals surface area contributed by atoms with Gasteiger partial charge >= 0.3 is 0 Å². The molecule has 6 heteroatoms. The van der Waals surface area contributed by atoms with Crippen LogP contribution in [0.25, 0.3) is 11.2 Å². The summed E-state index contributed by atoms with van der Waals surface area (Å²) in [6.45, 7) is 0.816. The number of hydrogen-bond acceptors (Lipinski definition) is 5. The first-order chi connectivity index (χ1) is 8.92. The second kappa shape index (κ2) is 3.56. The number of furan rings is 1. The van der Waals surface area contributed by atoms with Gasteiger partial charge in [0.1, 0.15) is 17.6 Å². The zero-order valence-electron chi connectivity index (χ0n) is 9.58. The molecule has 3 aromatic rings. The summed E-state index contributed by atoms with van der Waals surface area (Å²) in [4.78, 5) is 12.7. The maximum atomic E-state index is 5.40. The van der Waals surface area contributed by atoms with Crippen molar-refractivity contribution in [2.75, 3.05) is 11.9 Å². The molecule has 0 radical (unpaired) electrons. The van der Waals surface area contributed by atoms with Crippen LogP contribution < -0.4 is 5.32 Å². The van der Waals surface area contributed by atoms with Crippen LogP contribution in [0, 0.1) is 0 Å². The highest BCUT2D eigenvalue weighted by Gasteiger charge is 2.23. The van der Waals surface area contributed by atoms with Gasteiger partial charge in [-0.15, -0.1) is 0 Å². The second-order valence-electron chi connectivity index (χ2n) is 4.36. The Hall–Kier alpha value is -2.37. The molecule has 1 aliphatic rings. The largest absolute Gasteiger partial charge is 0.469 e. The van der Waals surface area contributed by atoms with Crippen LogP contribution in [0.1, 0.15) is 11.8 Å². The van der Waals surface area contributed by atoms with Crippen molar-refractivity contribution in [3.63, 3.8) is 0 Å². The summed E-state index contributed by atoms with van der Waals surface area (Å²) < 4.78 is 7.53. The van der Waals surface area contributed by atoms with E-state index in [1.165, 1.54) is 6.33 Å². The molecule has 1 aliphatic heterocycles. The van der Waals surface area contributed by atoms with Gasteiger partial charge < -0.3 is 14.3 Å². The van der Waals surface area contributed by atoms with Crippen LogP contribution in [0.5, 0.6) is 0 Å². The zero-order chi connectivity index (χ0) is 11.9. The number of nitrogens with zero attached hydrogens (tertiary/aromatic N) is 4. The Balaban J connectivity index is 1.79. The first-order valence-corrected chi connectivity index (χ1v) is 5.85. The molecule has 0 aliphatic carbocycles. The summed E-state index contributed by atoms with van der Waals surface area (Å²) in [6.07, 6.45) is 5.90. The lowest BCUT2D eigenvalue weighted by atomic mass is 10.1. The smallest absolute Gasteiger partial charge is 0.182 e. The predicted molar refractivity (Wildman–Crippen MR) is 65.3 cm³/mol. The molecule has 1 atom stereocenters. The molecule has 4 heterocycles. The Bertz CT molecular complexity index is 688. The van der Waals surface area contributed by atoms with E-state index in [0.29, 0.717) is 0 Å². The van der Waals surface area contributed by atoms with Gasteiger partial charge in [0.2, 0.25) is 0 Å². The molecule has 0 aromatic carbocycles. The highest BCUT2D eigenvalue weighted by atomic mass is 16.3. The average Bonchev–Trinajstić information content (AvgIpc) is 3.03. The van der Waals surface area contributed by atoms with Gasteiger partial charge in [0.05, 0.1) is 18.6 Å². The van der Waals surface area contributed by atoms with E-state index in [0.717, 1.165) is 35.7 Å². The van der Waals surface area contributed by atoms with Crippen molar-refractivity contribution in [1.29, 1.82) is 0 Å². The molecule has 18 heavy (non-hydrogen) atoms. The van der Waals surface area contributed by atoms with E-state index in [-0.39, 0.29) is 6.04 Å². The number of aromatic nitrogens is 4. The molecule has 6 nitrogen and oxygen atoms in total. The zero-order valence-corrected chi connectivity index (χ0v) is 9.58. The minimum absolute atomic E-state index is 0.277. The van der Waals surface area contributed by atoms with E-state index in [9.17, 15) is 0 Å². The molecular formula is C12H11N5O. The Morgan fingerprint density at radius 3 is 3.28 bits per heavy atom. The minimum Gasteiger partial charge on any atom is -0.469 e. The number of hydrogen-bond donors (Lipinski definition) is 1. The van der Waals surface area contributed by atoms with Crippen molar-refractivity contribution >= 4 is 17.0 Å². The van der Waals surface area contributed by atoms with Gasteiger partial charge in [-0.05, 0) is 12.1 Å². The monoisotopic (exact) mass is 241 g/mol. The molecule has 0 saturated carbocycles. The molecule has 4 rings (SSSR count). The highest BCUT2D eigenvalue weighted by molar-refractivity contribution is 5.84. The average molecular weight is 241 g/mol. The molecule has 0 bridgehead atoms. The van der Waals surface area contributed by atoms with Crippen molar-refractivity contribution in [3.05, 3.63) is 36.8 Å². The summed E-state index contributed by atoms with van der Waals surface area (Å²) in [5, 5.41) is 3.32. The summed E-state index contributed by atoms with van der Waals surface area (Å²) in [6, 6.07) is 4.18. The fraction of sp³-hybridized carbons (Fsp3) is 0.250. The molecule has 1 unspecified atom stereocenters. The van der Waals surface area contributed by atoms with Crippen molar-refractivity contribution in [3.8, 4) is 0 Å². The topological polar surface area (TPSA) is 68.8 Å². The number of anilines is 1. The quantitative estimate of drug-likeness (QED) is 0.738. The second-order valence-corrected chi connectivity index (χ2v) is 4.36. The first-order valence-electron chi connectivity index (χ1n) is 5.85. The number of nitrogens with one attached hydrogen (secondary N) is 1. The maximum Gasteiger partial charge on any atom is 0.182 e. The summed E-state index contributed by atoms with van der Waals surface area (Å²) >= 11 is 0. The van der Waals surface area contributed by atoms with E-state index < -0.39 is 0 Å². The number of imidazole rings is 1. The normalized spacial score (nSPS) is 17.9. The lowest BCUT2D eigenvalue weighted by Gasteiger charge is -2.24. The molecule has 1 N–H and O–H groups in total. The van der Waals surface area contributed by atoms with Gasteiger partial charge in [0, 0.05) is 13.0 Å². The van der Waals surface area contributed by atoms with Gasteiger partial charge in [-0.3, -0.25) is 0 Å². The number of rotatable bonds is 2. The van der Waals surface area contributed by atoms with Gasteiger partial charge in [-0.25, -0.2) is 15.0 Å². The van der Waals surface area contributed by atoms with Crippen molar-refractivity contribution in [1.82, 2.24) is 19.5 Å². The van der Waals surface area contributed by atoms with E-state index in [1.54, 1.807) is 6.26 Å². The highest BCUT2D eigenvalue weighted by Crippen LogP contribution is 2.28. The molecule has 3 aromatic heterocycles. The lowest BCUT2D eigenvalue weighted by molar-refractivity contribution is 0.441. The van der Waals surface area contributed by atoms with Gasteiger partial charge in [0.25, 0.3) is 0 Å². The van der Waals surface area contributed by atoms with Crippen LogP contribution >= 0.6 is 0 Å². The molecule has 0 spiro atoms. The summed E-state index contributed by atoms with van der Waals surface area (Å²) in [5.74, 6) is 1.83. The van der Waals surface area contributed by atoms with E-state index in [2.05, 4.69) is 24.8 Å². The van der Waals surface area contributed by atoms with Crippen molar-refractivity contribution in [2.24, 2.45) is 0 Å². The van der Waals surface area contributed by atoms with Crippen LogP contribution in [-0.4, -0.2) is 26.1 Å². The summed E-state index contributed by atoms with van der Waals surface area (Å²) in [7, 11) is 0. The third kappa shape index (κ3) is 1.32. The Morgan fingerprint density at radius 2 is 2.39 bits per heavy atom. The molecule has 0 fully saturated rings. The predicted octanol–water partition coefficient (Wildman–Crippen LogP) is 1.63. The van der Waals surface area contributed by atoms with Gasteiger partial charge in [-0.1, -0.05) is 0 Å². The van der Waals surface area contributed by atoms with Crippen molar-refractivity contribution < 1.29 is 4.42 Å². The van der Waals surface area contributed by atoms with Gasteiger partial charge in [0.15, 0.2) is 11.5 Å². The van der Waals surface area contributed by atoms with E-state index >= 15 is 0 Å². The standard InChI is InChI=1S/C12H11N5O/c1-2-9(18-3-1)4-8-5-13-11-10-12(15-6-14-11)16-7-17(8)10/h1-3,6-8H,4-5H2,(H,13,14,15).